The van der Waals surface area contributed by atoms with E-state index in [2.05, 4.69) is 11.9 Å². The van der Waals surface area contributed by atoms with Gasteiger partial charge in [-0.3, -0.25) is 9.59 Å². The zero-order valence-electron chi connectivity index (χ0n) is 20.7. The van der Waals surface area contributed by atoms with Crippen LogP contribution in [0.15, 0.2) is 61.2 Å². The smallest absolute Gasteiger partial charge is 0.254 e. The monoisotopic (exact) mass is 472 g/mol. The molecule has 35 heavy (non-hydrogen) atoms. The molecule has 0 atom stereocenters. The predicted octanol–water partition coefficient (Wildman–Crippen LogP) is 5.36. The van der Waals surface area contributed by atoms with Crippen molar-refractivity contribution in [2.45, 2.75) is 51.6 Å². The van der Waals surface area contributed by atoms with E-state index >= 15 is 0 Å². The van der Waals surface area contributed by atoms with Gasteiger partial charge >= 0.3 is 0 Å². The minimum absolute atomic E-state index is 0.0372. The Morgan fingerprint density at radius 3 is 2.09 bits per heavy atom. The van der Waals surface area contributed by atoms with E-state index in [1.165, 1.54) is 19.3 Å². The summed E-state index contributed by atoms with van der Waals surface area (Å²) in [5.74, 6) is 3.27. The van der Waals surface area contributed by atoms with Crippen LogP contribution in [-0.2, 0) is 17.9 Å². The van der Waals surface area contributed by atoms with Gasteiger partial charge in [0.05, 0.1) is 7.11 Å². The minimum atomic E-state index is -0.128. The molecule has 1 N–H and O–H groups in total. The summed E-state index contributed by atoms with van der Waals surface area (Å²) >= 11 is 0. The van der Waals surface area contributed by atoms with E-state index in [1.807, 2.05) is 48.5 Å². The highest BCUT2D eigenvalue weighted by atomic mass is 16.5. The molecule has 0 spiro atoms. The topological polar surface area (TPSA) is 58.6 Å². The number of rotatable bonds is 9. The van der Waals surface area contributed by atoms with Crippen molar-refractivity contribution in [2.24, 2.45) is 23.2 Å². The maximum absolute atomic E-state index is 13.2. The van der Waals surface area contributed by atoms with Gasteiger partial charge in [-0.05, 0) is 91.7 Å². The first-order valence-corrected chi connectivity index (χ1v) is 12.9. The highest BCUT2D eigenvalue weighted by Crippen LogP contribution is 2.60. The Balaban J connectivity index is 1.19. The van der Waals surface area contributed by atoms with Crippen LogP contribution in [0.25, 0.3) is 0 Å². The molecule has 4 aliphatic carbocycles. The van der Waals surface area contributed by atoms with Gasteiger partial charge in [0.1, 0.15) is 5.75 Å². The van der Waals surface area contributed by atoms with Crippen molar-refractivity contribution in [1.29, 1.82) is 0 Å². The molecule has 0 saturated heterocycles. The summed E-state index contributed by atoms with van der Waals surface area (Å²) in [5, 5.41) is 3.23. The van der Waals surface area contributed by atoms with E-state index in [4.69, 9.17) is 4.74 Å². The number of methoxy groups -OCH3 is 1. The van der Waals surface area contributed by atoms with Crippen LogP contribution in [0.2, 0.25) is 0 Å². The summed E-state index contributed by atoms with van der Waals surface area (Å²) in [6.07, 6.45) is 8.98. The van der Waals surface area contributed by atoms with Gasteiger partial charge in [-0.1, -0.05) is 30.3 Å². The second-order valence-electron chi connectivity index (χ2n) is 10.9. The second kappa shape index (κ2) is 9.88. The molecule has 4 saturated carbocycles. The standard InChI is InChI=1S/C30H36N2O3/c1-3-12-32(20-22-6-10-27(35-2)11-7-22)28(33)26-8-4-21(5-9-26)19-31-29(34)30-16-23-13-24(17-30)15-25(14-23)18-30/h3-11,23-25H,1,12-20H2,2H3,(H,31,34). The molecule has 5 heteroatoms. The number of carbonyl (C=O) groups is 2. The zero-order chi connectivity index (χ0) is 24.4. The maximum Gasteiger partial charge on any atom is 0.254 e. The zero-order valence-corrected chi connectivity index (χ0v) is 20.7. The van der Waals surface area contributed by atoms with Crippen LogP contribution in [-0.4, -0.2) is 30.4 Å². The van der Waals surface area contributed by atoms with Crippen LogP contribution in [0.4, 0.5) is 0 Å². The maximum atomic E-state index is 13.2. The Bertz CT molecular complexity index is 1040. The summed E-state index contributed by atoms with van der Waals surface area (Å²) in [5.41, 5.74) is 2.56. The molecule has 0 aromatic heterocycles. The fourth-order valence-corrected chi connectivity index (χ4v) is 7.03. The lowest BCUT2D eigenvalue weighted by Crippen LogP contribution is -2.53. The molecule has 2 aromatic carbocycles. The molecular formula is C30H36N2O3. The van der Waals surface area contributed by atoms with E-state index in [0.29, 0.717) is 25.2 Å². The first-order valence-electron chi connectivity index (χ1n) is 12.9. The minimum Gasteiger partial charge on any atom is -0.497 e. The molecule has 6 rings (SSSR count). The SMILES string of the molecule is C=CCN(Cc1ccc(OC)cc1)C(=O)c1ccc(CNC(=O)C23CC4CC(CC(C4)C2)C3)cc1. The summed E-state index contributed by atoms with van der Waals surface area (Å²) < 4.78 is 5.22. The van der Waals surface area contributed by atoms with Crippen molar-refractivity contribution < 1.29 is 14.3 Å². The van der Waals surface area contributed by atoms with Crippen molar-refractivity contribution in [3.8, 4) is 5.75 Å². The highest BCUT2D eigenvalue weighted by Gasteiger charge is 2.54. The van der Waals surface area contributed by atoms with Crippen molar-refractivity contribution in [3.05, 3.63) is 77.9 Å². The van der Waals surface area contributed by atoms with E-state index in [1.54, 1.807) is 18.1 Å². The summed E-state index contributed by atoms with van der Waals surface area (Å²) in [7, 11) is 1.64. The van der Waals surface area contributed by atoms with Gasteiger partial charge < -0.3 is 15.0 Å². The number of carbonyl (C=O) groups excluding carboxylic acids is 2. The predicted molar refractivity (Wildman–Crippen MR) is 137 cm³/mol. The number of benzene rings is 2. The summed E-state index contributed by atoms with van der Waals surface area (Å²) in [4.78, 5) is 28.2. The first-order chi connectivity index (χ1) is 17.0. The third kappa shape index (κ3) is 5.00. The molecule has 0 heterocycles. The third-order valence-electron chi connectivity index (χ3n) is 8.34. The van der Waals surface area contributed by atoms with Gasteiger partial charge in [0.15, 0.2) is 0 Å². The molecular weight excluding hydrogens is 436 g/mol. The van der Waals surface area contributed by atoms with Gasteiger partial charge in [0.2, 0.25) is 5.91 Å². The van der Waals surface area contributed by atoms with E-state index < -0.39 is 0 Å². The van der Waals surface area contributed by atoms with Crippen LogP contribution < -0.4 is 10.1 Å². The van der Waals surface area contributed by atoms with Crippen LogP contribution in [0.3, 0.4) is 0 Å². The molecule has 4 aliphatic rings. The van der Waals surface area contributed by atoms with Crippen LogP contribution in [0.1, 0.15) is 60.0 Å². The Labute approximate surface area is 208 Å². The Morgan fingerprint density at radius 1 is 0.971 bits per heavy atom. The highest BCUT2D eigenvalue weighted by molar-refractivity contribution is 5.94. The van der Waals surface area contributed by atoms with Gasteiger partial charge in [-0.2, -0.15) is 0 Å². The van der Waals surface area contributed by atoms with Gasteiger partial charge in [-0.15, -0.1) is 6.58 Å². The van der Waals surface area contributed by atoms with Crippen molar-refractivity contribution in [1.82, 2.24) is 10.2 Å². The van der Waals surface area contributed by atoms with Crippen LogP contribution >= 0.6 is 0 Å². The quantitative estimate of drug-likeness (QED) is 0.500. The van der Waals surface area contributed by atoms with Gasteiger partial charge in [0, 0.05) is 30.6 Å². The number of nitrogens with zero attached hydrogens (tertiary/aromatic N) is 1. The number of hydrogen-bond donors (Lipinski definition) is 1. The molecule has 4 fully saturated rings. The molecule has 0 aliphatic heterocycles. The molecule has 2 amide bonds. The summed E-state index contributed by atoms with van der Waals surface area (Å²) in [6.45, 7) is 5.29. The first kappa shape index (κ1) is 23.7. The molecule has 184 valence electrons. The normalized spacial score (nSPS) is 26.3. The largest absolute Gasteiger partial charge is 0.497 e. The Morgan fingerprint density at radius 2 is 1.54 bits per heavy atom. The summed E-state index contributed by atoms with van der Waals surface area (Å²) in [6, 6.07) is 15.4. The van der Waals surface area contributed by atoms with Crippen LogP contribution in [0, 0.1) is 23.2 Å². The van der Waals surface area contributed by atoms with Crippen molar-refractivity contribution in [3.63, 3.8) is 0 Å². The molecule has 2 aromatic rings. The van der Waals surface area contributed by atoms with Crippen LogP contribution in [0.5, 0.6) is 5.75 Å². The lowest BCUT2D eigenvalue weighted by atomic mass is 9.49. The number of hydrogen-bond acceptors (Lipinski definition) is 3. The molecule has 0 unspecified atom stereocenters. The number of amides is 2. The van der Waals surface area contributed by atoms with E-state index in [0.717, 1.165) is 53.9 Å². The van der Waals surface area contributed by atoms with E-state index in [-0.39, 0.29) is 17.2 Å². The van der Waals surface area contributed by atoms with Crippen molar-refractivity contribution >= 4 is 11.8 Å². The second-order valence-corrected chi connectivity index (χ2v) is 10.9. The molecule has 0 radical (unpaired) electrons. The number of ether oxygens (including phenoxy) is 1. The van der Waals surface area contributed by atoms with Gasteiger partial charge in [-0.25, -0.2) is 0 Å². The van der Waals surface area contributed by atoms with Gasteiger partial charge in [0.25, 0.3) is 5.91 Å². The lowest BCUT2D eigenvalue weighted by Gasteiger charge is -2.55. The lowest BCUT2D eigenvalue weighted by molar-refractivity contribution is -0.146. The molecule has 4 bridgehead atoms. The Hall–Kier alpha value is -3.08. The fraction of sp³-hybridized carbons (Fsp3) is 0.467. The van der Waals surface area contributed by atoms with E-state index in [9.17, 15) is 9.59 Å². The average molecular weight is 473 g/mol. The Kier molecular flexibility index (Phi) is 6.68. The fourth-order valence-electron chi connectivity index (χ4n) is 7.03. The number of nitrogens with one attached hydrogen (secondary N) is 1. The molecule has 5 nitrogen and oxygen atoms in total. The average Bonchev–Trinajstić information content (AvgIpc) is 2.86. The van der Waals surface area contributed by atoms with Crippen molar-refractivity contribution in [2.75, 3.05) is 13.7 Å². The third-order valence-corrected chi connectivity index (χ3v) is 8.34.